The molecule has 0 saturated heterocycles. The fraction of sp³-hybridized carbons (Fsp3) is 0.455. The lowest BCUT2D eigenvalue weighted by molar-refractivity contribution is 0.171. The minimum atomic E-state index is 0. The van der Waals surface area contributed by atoms with Crippen LogP contribution in [-0.2, 0) is 0 Å². The molecule has 0 aliphatic carbocycles. The number of fused-ring (bicyclic) bond motifs is 1. The van der Waals surface area contributed by atoms with Crippen LogP contribution in [0.25, 0.3) is 0 Å². The van der Waals surface area contributed by atoms with E-state index < -0.39 is 0 Å². The Balaban J connectivity index is 0.00000112. The van der Waals surface area contributed by atoms with Crippen LogP contribution in [0, 0.1) is 0 Å². The summed E-state index contributed by atoms with van der Waals surface area (Å²) in [7, 11) is 0. The highest BCUT2D eigenvalue weighted by molar-refractivity contribution is 5.85. The highest BCUT2D eigenvalue weighted by Crippen LogP contribution is 2.32. The Morgan fingerprint density at radius 1 is 1.27 bits per heavy atom. The van der Waals surface area contributed by atoms with Gasteiger partial charge in [-0.1, -0.05) is 13.0 Å². The zero-order valence-electron chi connectivity index (χ0n) is 8.73. The number of rotatable bonds is 2. The molecule has 0 radical (unpaired) electrons. The molecule has 0 spiro atoms. The molecule has 0 saturated carbocycles. The van der Waals surface area contributed by atoms with Crippen LogP contribution in [0.15, 0.2) is 18.2 Å². The number of nitrogens with two attached hydrogens (primary N) is 1. The van der Waals surface area contributed by atoms with Gasteiger partial charge in [0.05, 0.1) is 0 Å². The standard InChI is InChI=1S/C11H15NO2.ClH/c1-2-9(12)8-3-4-10-11(7-8)14-6-5-13-10;/h3-4,7,9H,2,5-6,12H2,1H3;1H/t9-;/m1./s1. The molecule has 0 aromatic heterocycles. The number of halogens is 1. The molecule has 15 heavy (non-hydrogen) atoms. The van der Waals surface area contributed by atoms with E-state index in [0.717, 1.165) is 23.5 Å². The number of benzene rings is 1. The van der Waals surface area contributed by atoms with Crippen molar-refractivity contribution in [3.63, 3.8) is 0 Å². The van der Waals surface area contributed by atoms with Crippen molar-refractivity contribution in [2.45, 2.75) is 19.4 Å². The summed E-state index contributed by atoms with van der Waals surface area (Å²) in [6.07, 6.45) is 0.930. The fourth-order valence-electron chi connectivity index (χ4n) is 1.53. The second kappa shape index (κ2) is 5.24. The number of hydrogen-bond donors (Lipinski definition) is 1. The molecule has 0 amide bonds. The van der Waals surface area contributed by atoms with Crippen LogP contribution in [0.5, 0.6) is 11.5 Å². The van der Waals surface area contributed by atoms with Gasteiger partial charge in [-0.05, 0) is 24.1 Å². The van der Waals surface area contributed by atoms with Crippen LogP contribution in [0.1, 0.15) is 24.9 Å². The molecular weight excluding hydrogens is 214 g/mol. The lowest BCUT2D eigenvalue weighted by Crippen LogP contribution is -2.16. The molecule has 3 nitrogen and oxygen atoms in total. The van der Waals surface area contributed by atoms with E-state index in [0.29, 0.717) is 13.2 Å². The van der Waals surface area contributed by atoms with E-state index in [9.17, 15) is 0 Å². The van der Waals surface area contributed by atoms with E-state index in [2.05, 4.69) is 6.92 Å². The lowest BCUT2D eigenvalue weighted by Gasteiger charge is -2.20. The minimum absolute atomic E-state index is 0. The smallest absolute Gasteiger partial charge is 0.161 e. The third kappa shape index (κ3) is 2.55. The Kier molecular flexibility index (Phi) is 4.24. The third-order valence-electron chi connectivity index (χ3n) is 2.43. The Morgan fingerprint density at radius 3 is 2.60 bits per heavy atom. The predicted molar refractivity (Wildman–Crippen MR) is 61.9 cm³/mol. The van der Waals surface area contributed by atoms with Gasteiger partial charge in [0.15, 0.2) is 11.5 Å². The van der Waals surface area contributed by atoms with Crippen molar-refractivity contribution in [1.82, 2.24) is 0 Å². The highest BCUT2D eigenvalue weighted by Gasteiger charge is 2.13. The minimum Gasteiger partial charge on any atom is -0.486 e. The van der Waals surface area contributed by atoms with Gasteiger partial charge in [-0.3, -0.25) is 0 Å². The van der Waals surface area contributed by atoms with Crippen LogP contribution in [0.3, 0.4) is 0 Å². The average Bonchev–Trinajstić information content (AvgIpc) is 2.27. The van der Waals surface area contributed by atoms with Gasteiger partial charge < -0.3 is 15.2 Å². The summed E-state index contributed by atoms with van der Waals surface area (Å²) in [6, 6.07) is 6.00. The van der Waals surface area contributed by atoms with Gasteiger partial charge in [0.25, 0.3) is 0 Å². The van der Waals surface area contributed by atoms with E-state index in [-0.39, 0.29) is 18.4 Å². The van der Waals surface area contributed by atoms with Crippen molar-refractivity contribution in [2.75, 3.05) is 13.2 Å². The van der Waals surface area contributed by atoms with Crippen molar-refractivity contribution in [3.05, 3.63) is 23.8 Å². The van der Waals surface area contributed by atoms with Crippen LogP contribution < -0.4 is 15.2 Å². The van der Waals surface area contributed by atoms with E-state index in [1.807, 2.05) is 18.2 Å². The molecule has 4 heteroatoms. The molecule has 1 aliphatic heterocycles. The fourth-order valence-corrected chi connectivity index (χ4v) is 1.53. The molecule has 1 aliphatic rings. The first kappa shape index (κ1) is 12.1. The molecule has 1 aromatic rings. The maximum Gasteiger partial charge on any atom is 0.161 e. The van der Waals surface area contributed by atoms with Crippen LogP contribution in [-0.4, -0.2) is 13.2 Å². The molecular formula is C11H16ClNO2. The van der Waals surface area contributed by atoms with E-state index in [1.165, 1.54) is 0 Å². The summed E-state index contributed by atoms with van der Waals surface area (Å²) in [4.78, 5) is 0. The lowest BCUT2D eigenvalue weighted by atomic mass is 10.0. The topological polar surface area (TPSA) is 44.5 Å². The summed E-state index contributed by atoms with van der Waals surface area (Å²) in [5.41, 5.74) is 7.04. The van der Waals surface area contributed by atoms with Gasteiger partial charge in [0.2, 0.25) is 0 Å². The first-order valence-electron chi connectivity index (χ1n) is 4.96. The molecule has 0 unspecified atom stereocenters. The number of ether oxygens (including phenoxy) is 2. The molecule has 84 valence electrons. The van der Waals surface area contributed by atoms with Crippen molar-refractivity contribution in [2.24, 2.45) is 5.73 Å². The number of hydrogen-bond acceptors (Lipinski definition) is 3. The molecule has 2 N–H and O–H groups in total. The zero-order chi connectivity index (χ0) is 9.97. The summed E-state index contributed by atoms with van der Waals surface area (Å²) in [5.74, 6) is 1.64. The highest BCUT2D eigenvalue weighted by atomic mass is 35.5. The second-order valence-electron chi connectivity index (χ2n) is 3.42. The van der Waals surface area contributed by atoms with Gasteiger partial charge in [-0.15, -0.1) is 12.4 Å². The maximum absolute atomic E-state index is 5.93. The average molecular weight is 230 g/mol. The normalized spacial score (nSPS) is 15.3. The second-order valence-corrected chi connectivity index (χ2v) is 3.42. The first-order valence-corrected chi connectivity index (χ1v) is 4.96. The first-order chi connectivity index (χ1) is 6.81. The van der Waals surface area contributed by atoms with Gasteiger partial charge in [-0.25, -0.2) is 0 Å². The zero-order valence-corrected chi connectivity index (χ0v) is 9.55. The molecule has 1 aromatic carbocycles. The maximum atomic E-state index is 5.93. The Labute approximate surface area is 96.0 Å². The third-order valence-corrected chi connectivity index (χ3v) is 2.43. The summed E-state index contributed by atoms with van der Waals surface area (Å²) in [5, 5.41) is 0. The monoisotopic (exact) mass is 229 g/mol. The summed E-state index contributed by atoms with van der Waals surface area (Å²) < 4.78 is 10.9. The van der Waals surface area contributed by atoms with Crippen molar-refractivity contribution in [1.29, 1.82) is 0 Å². The largest absolute Gasteiger partial charge is 0.486 e. The van der Waals surface area contributed by atoms with E-state index in [4.69, 9.17) is 15.2 Å². The van der Waals surface area contributed by atoms with Crippen molar-refractivity contribution in [3.8, 4) is 11.5 Å². The van der Waals surface area contributed by atoms with Crippen molar-refractivity contribution >= 4 is 12.4 Å². The summed E-state index contributed by atoms with van der Waals surface area (Å²) in [6.45, 7) is 3.32. The molecule has 1 heterocycles. The molecule has 0 bridgehead atoms. The Morgan fingerprint density at radius 2 is 1.93 bits per heavy atom. The van der Waals surface area contributed by atoms with Crippen LogP contribution in [0.2, 0.25) is 0 Å². The van der Waals surface area contributed by atoms with Crippen LogP contribution >= 0.6 is 12.4 Å². The molecule has 2 rings (SSSR count). The van der Waals surface area contributed by atoms with Crippen molar-refractivity contribution < 1.29 is 9.47 Å². The quantitative estimate of drug-likeness (QED) is 0.846. The Hall–Kier alpha value is -0.930. The molecule has 0 fully saturated rings. The predicted octanol–water partition coefficient (Wildman–Crippen LogP) is 2.29. The van der Waals surface area contributed by atoms with Gasteiger partial charge in [-0.2, -0.15) is 0 Å². The SMILES string of the molecule is CC[C@@H](N)c1ccc2c(c1)OCCO2.Cl. The Bertz CT molecular complexity index is 330. The summed E-state index contributed by atoms with van der Waals surface area (Å²) >= 11 is 0. The van der Waals surface area contributed by atoms with Crippen LogP contribution in [0.4, 0.5) is 0 Å². The van der Waals surface area contributed by atoms with Gasteiger partial charge >= 0.3 is 0 Å². The van der Waals surface area contributed by atoms with Gasteiger partial charge in [0, 0.05) is 6.04 Å². The van der Waals surface area contributed by atoms with Gasteiger partial charge in [0.1, 0.15) is 13.2 Å². The van der Waals surface area contributed by atoms with E-state index in [1.54, 1.807) is 0 Å². The van der Waals surface area contributed by atoms with E-state index >= 15 is 0 Å². The molecule has 1 atom stereocenters.